The second-order valence-electron chi connectivity index (χ2n) is 9.70. The first-order valence-corrected chi connectivity index (χ1v) is 10.7. The molecular formula is C24H40N2O. The molecule has 6 atom stereocenters. The van der Waals surface area contributed by atoms with Gasteiger partial charge in [-0.25, -0.2) is 0 Å². The highest BCUT2D eigenvalue weighted by molar-refractivity contribution is 5.63. The number of nitrogens with two attached hydrogens (primary N) is 1. The summed E-state index contributed by atoms with van der Waals surface area (Å²) < 4.78 is 0. The third-order valence-corrected chi connectivity index (χ3v) is 8.64. The van der Waals surface area contributed by atoms with Crippen molar-refractivity contribution in [2.24, 2.45) is 45.4 Å². The molecule has 0 amide bonds. The van der Waals surface area contributed by atoms with Crippen LogP contribution in [0.25, 0.3) is 0 Å². The SMILES string of the molecule is C.C=C1CCC2C3CCC4=C[C@@H](C=NOCCN)CC[C@]4(C)C3CC[C@]12C. The van der Waals surface area contributed by atoms with E-state index in [1.54, 1.807) is 11.1 Å². The van der Waals surface area contributed by atoms with Crippen molar-refractivity contribution < 1.29 is 4.84 Å². The fourth-order valence-electron chi connectivity index (χ4n) is 7.01. The number of hydrogen-bond acceptors (Lipinski definition) is 3. The predicted octanol–water partition coefficient (Wildman–Crippen LogP) is 5.72. The van der Waals surface area contributed by atoms with E-state index in [9.17, 15) is 0 Å². The molecule has 0 aromatic carbocycles. The third-order valence-electron chi connectivity index (χ3n) is 8.64. The Morgan fingerprint density at radius 2 is 1.89 bits per heavy atom. The lowest BCUT2D eigenvalue weighted by molar-refractivity contribution is -0.0263. The van der Waals surface area contributed by atoms with Crippen molar-refractivity contribution in [2.75, 3.05) is 13.2 Å². The van der Waals surface area contributed by atoms with Gasteiger partial charge in [-0.1, -0.05) is 50.2 Å². The molecule has 0 aromatic heterocycles. The highest BCUT2D eigenvalue weighted by atomic mass is 16.6. The summed E-state index contributed by atoms with van der Waals surface area (Å²) in [4.78, 5) is 5.21. The van der Waals surface area contributed by atoms with E-state index in [1.165, 1.54) is 51.4 Å². The van der Waals surface area contributed by atoms with Gasteiger partial charge in [-0.15, -0.1) is 0 Å². The number of nitrogens with zero attached hydrogens (tertiary/aromatic N) is 1. The van der Waals surface area contributed by atoms with Crippen molar-refractivity contribution in [3.63, 3.8) is 0 Å². The molecule has 0 aliphatic heterocycles. The van der Waals surface area contributed by atoms with Gasteiger partial charge in [-0.2, -0.15) is 0 Å². The van der Waals surface area contributed by atoms with Crippen LogP contribution in [0.15, 0.2) is 29.0 Å². The summed E-state index contributed by atoms with van der Waals surface area (Å²) in [6, 6.07) is 0. The molecule has 4 aliphatic rings. The highest BCUT2D eigenvalue weighted by Gasteiger charge is 2.57. The van der Waals surface area contributed by atoms with E-state index in [0.717, 1.165) is 17.8 Å². The van der Waals surface area contributed by atoms with E-state index in [2.05, 4.69) is 31.7 Å². The van der Waals surface area contributed by atoms with Crippen LogP contribution in [0.4, 0.5) is 0 Å². The molecule has 3 unspecified atom stereocenters. The number of oxime groups is 1. The lowest BCUT2D eigenvalue weighted by Crippen LogP contribution is -2.49. The number of fused-ring (bicyclic) bond motifs is 5. The first-order valence-electron chi connectivity index (χ1n) is 10.7. The van der Waals surface area contributed by atoms with Crippen LogP contribution in [-0.2, 0) is 4.84 Å². The maximum Gasteiger partial charge on any atom is 0.129 e. The Morgan fingerprint density at radius 1 is 1.15 bits per heavy atom. The lowest BCUT2D eigenvalue weighted by atomic mass is 9.47. The Bertz CT molecular complexity index is 624. The summed E-state index contributed by atoms with van der Waals surface area (Å²) in [5.41, 5.74) is 9.56. The van der Waals surface area contributed by atoms with Gasteiger partial charge in [0.05, 0.1) is 6.21 Å². The molecule has 0 saturated heterocycles. The Labute approximate surface area is 166 Å². The zero-order chi connectivity index (χ0) is 18.4. The van der Waals surface area contributed by atoms with Crippen molar-refractivity contribution in [3.8, 4) is 0 Å². The van der Waals surface area contributed by atoms with Gasteiger partial charge in [0, 0.05) is 12.5 Å². The van der Waals surface area contributed by atoms with Crippen LogP contribution < -0.4 is 5.73 Å². The van der Waals surface area contributed by atoms with Crippen LogP contribution in [0.2, 0.25) is 0 Å². The zero-order valence-electron chi connectivity index (χ0n) is 16.7. The summed E-state index contributed by atoms with van der Waals surface area (Å²) in [6.45, 7) is 10.6. The molecule has 0 radical (unpaired) electrons. The summed E-state index contributed by atoms with van der Waals surface area (Å²) in [6.07, 6.45) is 15.1. The van der Waals surface area contributed by atoms with Crippen LogP contribution in [0, 0.1) is 34.5 Å². The van der Waals surface area contributed by atoms with Crippen molar-refractivity contribution in [3.05, 3.63) is 23.8 Å². The smallest absolute Gasteiger partial charge is 0.129 e. The van der Waals surface area contributed by atoms with Crippen molar-refractivity contribution >= 4 is 6.21 Å². The molecule has 3 saturated carbocycles. The average Bonchev–Trinajstić information content (AvgIpc) is 2.94. The largest absolute Gasteiger partial charge is 0.395 e. The molecule has 2 N–H and O–H groups in total. The monoisotopic (exact) mass is 372 g/mol. The maximum atomic E-state index is 5.45. The Morgan fingerprint density at radius 3 is 2.67 bits per heavy atom. The Kier molecular flexibility index (Phi) is 5.91. The molecule has 152 valence electrons. The summed E-state index contributed by atoms with van der Waals surface area (Å²) in [5.74, 6) is 3.11. The average molecular weight is 373 g/mol. The zero-order valence-corrected chi connectivity index (χ0v) is 16.7. The van der Waals surface area contributed by atoms with E-state index in [-0.39, 0.29) is 7.43 Å². The number of hydrogen-bond donors (Lipinski definition) is 1. The molecule has 4 rings (SSSR count). The van der Waals surface area contributed by atoms with Gasteiger partial charge in [0.25, 0.3) is 0 Å². The minimum Gasteiger partial charge on any atom is -0.395 e. The molecule has 0 aromatic rings. The van der Waals surface area contributed by atoms with Gasteiger partial charge >= 0.3 is 0 Å². The predicted molar refractivity (Wildman–Crippen MR) is 115 cm³/mol. The molecule has 0 bridgehead atoms. The molecule has 4 aliphatic carbocycles. The Hall–Kier alpha value is -1.09. The first kappa shape index (κ1) is 20.6. The van der Waals surface area contributed by atoms with Crippen molar-refractivity contribution in [2.45, 2.75) is 72.6 Å². The second-order valence-corrected chi connectivity index (χ2v) is 9.70. The third kappa shape index (κ3) is 3.30. The van der Waals surface area contributed by atoms with Gasteiger partial charge in [-0.3, -0.25) is 0 Å². The number of rotatable bonds is 4. The molecule has 3 nitrogen and oxygen atoms in total. The molecule has 3 fully saturated rings. The van der Waals surface area contributed by atoms with Crippen LogP contribution in [0.5, 0.6) is 0 Å². The van der Waals surface area contributed by atoms with Gasteiger partial charge in [0.2, 0.25) is 0 Å². The van der Waals surface area contributed by atoms with E-state index >= 15 is 0 Å². The van der Waals surface area contributed by atoms with Gasteiger partial charge in [0.15, 0.2) is 0 Å². The summed E-state index contributed by atoms with van der Waals surface area (Å²) >= 11 is 0. The van der Waals surface area contributed by atoms with Crippen molar-refractivity contribution in [1.82, 2.24) is 0 Å². The Balaban J connectivity index is 0.00000210. The van der Waals surface area contributed by atoms with E-state index in [0.29, 0.717) is 29.9 Å². The molecule has 0 heterocycles. The van der Waals surface area contributed by atoms with Crippen molar-refractivity contribution in [1.29, 1.82) is 0 Å². The van der Waals surface area contributed by atoms with Crippen LogP contribution in [0.1, 0.15) is 72.6 Å². The van der Waals surface area contributed by atoms with Gasteiger partial charge in [-0.05, 0) is 80.0 Å². The van der Waals surface area contributed by atoms with E-state index < -0.39 is 0 Å². The van der Waals surface area contributed by atoms with E-state index in [4.69, 9.17) is 10.6 Å². The second kappa shape index (κ2) is 7.73. The quantitative estimate of drug-likeness (QED) is 0.297. The molecule has 27 heavy (non-hydrogen) atoms. The minimum absolute atomic E-state index is 0. The van der Waals surface area contributed by atoms with Gasteiger partial charge in [0.1, 0.15) is 6.61 Å². The standard InChI is InChI=1S/C23H36N2O.CH4/c1-16-4-7-20-19-6-5-18-14-17(15-25-26-13-12-24)8-10-23(18,3)21(19)9-11-22(16,20)2;/h14-15,17,19-21H,1,4-13,24H2,2-3H3;1H4/t17-,19?,20?,21?,22+,23-;/m0./s1. The van der Waals surface area contributed by atoms with Gasteiger partial charge < -0.3 is 10.6 Å². The van der Waals surface area contributed by atoms with E-state index in [1.807, 2.05) is 6.21 Å². The van der Waals surface area contributed by atoms with Crippen LogP contribution >= 0.6 is 0 Å². The first-order chi connectivity index (χ1) is 12.5. The molecule has 3 heteroatoms. The fourth-order valence-corrected chi connectivity index (χ4v) is 7.01. The fraction of sp³-hybridized carbons (Fsp3) is 0.792. The highest BCUT2D eigenvalue weighted by Crippen LogP contribution is 2.66. The lowest BCUT2D eigenvalue weighted by Gasteiger charge is -2.58. The minimum atomic E-state index is 0. The van der Waals surface area contributed by atoms with Crippen LogP contribution in [0.3, 0.4) is 0 Å². The summed E-state index contributed by atoms with van der Waals surface area (Å²) in [7, 11) is 0. The summed E-state index contributed by atoms with van der Waals surface area (Å²) in [5, 5.41) is 4.13. The topological polar surface area (TPSA) is 47.6 Å². The molecular weight excluding hydrogens is 332 g/mol. The number of allylic oxidation sites excluding steroid dienone is 3. The van der Waals surface area contributed by atoms with Crippen LogP contribution in [-0.4, -0.2) is 19.4 Å². The molecule has 0 spiro atoms. The maximum absolute atomic E-state index is 5.45. The normalized spacial score (nSPS) is 43.4.